The average molecular weight is 263 g/mol. The van der Waals surface area contributed by atoms with E-state index in [4.69, 9.17) is 14.6 Å². The molecule has 0 aliphatic carbocycles. The Labute approximate surface area is 101 Å². The van der Waals surface area contributed by atoms with Crippen LogP contribution >= 0.6 is 0 Å². The van der Waals surface area contributed by atoms with Gasteiger partial charge in [-0.25, -0.2) is 0 Å². The fourth-order valence-electron chi connectivity index (χ4n) is 1.66. The van der Waals surface area contributed by atoms with E-state index >= 15 is 0 Å². The van der Waals surface area contributed by atoms with Crippen molar-refractivity contribution >= 4 is 0 Å². The Bertz CT molecular complexity index is 422. The summed E-state index contributed by atoms with van der Waals surface area (Å²) in [5.74, 6) is 1.02. The summed E-state index contributed by atoms with van der Waals surface area (Å²) in [6.45, 7) is -1.50. The van der Waals surface area contributed by atoms with Crippen LogP contribution in [0, 0.1) is 0 Å². The minimum atomic E-state index is -4.32. The van der Waals surface area contributed by atoms with Crippen molar-refractivity contribution in [3.05, 3.63) is 23.8 Å². The molecule has 2 rings (SSSR count). The first-order valence-corrected chi connectivity index (χ1v) is 5.30. The SMILES string of the molecule is OCC(NCC(F)(F)F)c1ccc2c(c1)OCO2. The van der Waals surface area contributed by atoms with Gasteiger partial charge in [0.25, 0.3) is 0 Å². The second kappa shape index (κ2) is 5.03. The molecule has 0 fully saturated rings. The van der Waals surface area contributed by atoms with E-state index in [2.05, 4.69) is 5.32 Å². The summed E-state index contributed by atoms with van der Waals surface area (Å²) >= 11 is 0. The lowest BCUT2D eigenvalue weighted by Gasteiger charge is -2.18. The molecule has 0 aromatic heterocycles. The Morgan fingerprint density at radius 1 is 1.28 bits per heavy atom. The topological polar surface area (TPSA) is 50.7 Å². The molecule has 0 radical (unpaired) electrons. The van der Waals surface area contributed by atoms with E-state index in [1.165, 1.54) is 0 Å². The molecule has 1 heterocycles. The number of alkyl halides is 3. The van der Waals surface area contributed by atoms with Crippen molar-refractivity contribution in [2.75, 3.05) is 19.9 Å². The van der Waals surface area contributed by atoms with Crippen LogP contribution in [0.15, 0.2) is 18.2 Å². The van der Waals surface area contributed by atoms with Crippen molar-refractivity contribution < 1.29 is 27.8 Å². The van der Waals surface area contributed by atoms with E-state index in [0.717, 1.165) is 0 Å². The first-order valence-electron chi connectivity index (χ1n) is 5.30. The van der Waals surface area contributed by atoms with Crippen molar-refractivity contribution in [3.8, 4) is 11.5 Å². The zero-order valence-corrected chi connectivity index (χ0v) is 9.33. The molecule has 0 saturated carbocycles. The molecule has 7 heteroatoms. The van der Waals surface area contributed by atoms with Crippen LogP contribution in [0.5, 0.6) is 11.5 Å². The van der Waals surface area contributed by atoms with Crippen LogP contribution in [-0.4, -0.2) is 31.2 Å². The van der Waals surface area contributed by atoms with Crippen LogP contribution in [-0.2, 0) is 0 Å². The predicted octanol–water partition coefficient (Wildman–Crippen LogP) is 1.60. The molecule has 0 bridgehead atoms. The number of fused-ring (bicyclic) bond motifs is 1. The summed E-state index contributed by atoms with van der Waals surface area (Å²) in [5, 5.41) is 11.4. The predicted molar refractivity (Wildman–Crippen MR) is 56.4 cm³/mol. The standard InChI is InChI=1S/C11H12F3NO3/c12-11(13,14)5-15-8(4-16)7-1-2-9-10(3-7)18-6-17-9/h1-3,8,15-16H,4-6H2. The third-order valence-corrected chi connectivity index (χ3v) is 2.53. The van der Waals surface area contributed by atoms with E-state index < -0.39 is 25.4 Å². The molecule has 0 spiro atoms. The maximum absolute atomic E-state index is 12.1. The zero-order chi connectivity index (χ0) is 13.2. The van der Waals surface area contributed by atoms with Crippen LogP contribution in [0.3, 0.4) is 0 Å². The Morgan fingerprint density at radius 3 is 2.67 bits per heavy atom. The van der Waals surface area contributed by atoms with Gasteiger partial charge in [0.05, 0.1) is 19.2 Å². The van der Waals surface area contributed by atoms with E-state index in [1.54, 1.807) is 18.2 Å². The van der Waals surface area contributed by atoms with E-state index in [-0.39, 0.29) is 6.79 Å². The molecule has 100 valence electrons. The number of ether oxygens (including phenoxy) is 2. The molecule has 0 saturated heterocycles. The molecule has 1 aromatic rings. The third-order valence-electron chi connectivity index (χ3n) is 2.53. The van der Waals surface area contributed by atoms with Gasteiger partial charge in [-0.2, -0.15) is 13.2 Å². The van der Waals surface area contributed by atoms with E-state index in [0.29, 0.717) is 17.1 Å². The van der Waals surface area contributed by atoms with Gasteiger partial charge in [0, 0.05) is 0 Å². The van der Waals surface area contributed by atoms with Crippen molar-refractivity contribution in [2.24, 2.45) is 0 Å². The van der Waals surface area contributed by atoms with Crippen molar-refractivity contribution in [1.29, 1.82) is 0 Å². The number of aliphatic hydroxyl groups is 1. The number of hydrogen-bond acceptors (Lipinski definition) is 4. The second-order valence-corrected chi connectivity index (χ2v) is 3.84. The lowest BCUT2D eigenvalue weighted by atomic mass is 10.1. The smallest absolute Gasteiger partial charge is 0.401 e. The Hall–Kier alpha value is -1.47. The molecule has 18 heavy (non-hydrogen) atoms. The number of benzene rings is 1. The van der Waals surface area contributed by atoms with Crippen molar-refractivity contribution in [1.82, 2.24) is 5.32 Å². The molecule has 4 nitrogen and oxygen atoms in total. The summed E-state index contributed by atoms with van der Waals surface area (Å²) in [7, 11) is 0. The summed E-state index contributed by atoms with van der Waals surface area (Å²) in [5.41, 5.74) is 0.519. The molecule has 1 atom stereocenters. The number of hydrogen-bond donors (Lipinski definition) is 2. The highest BCUT2D eigenvalue weighted by Gasteiger charge is 2.28. The number of nitrogens with one attached hydrogen (secondary N) is 1. The quantitative estimate of drug-likeness (QED) is 0.866. The van der Waals surface area contributed by atoms with Gasteiger partial charge in [-0.05, 0) is 17.7 Å². The molecule has 1 aromatic carbocycles. The maximum atomic E-state index is 12.1. The highest BCUT2D eigenvalue weighted by Crippen LogP contribution is 2.34. The first kappa shape index (κ1) is 13.0. The molecule has 2 N–H and O–H groups in total. The largest absolute Gasteiger partial charge is 0.454 e. The van der Waals surface area contributed by atoms with Crippen LogP contribution in [0.4, 0.5) is 13.2 Å². The van der Waals surface area contributed by atoms with Gasteiger partial charge >= 0.3 is 6.18 Å². The van der Waals surface area contributed by atoms with E-state index in [9.17, 15) is 13.2 Å². The lowest BCUT2D eigenvalue weighted by Crippen LogP contribution is -2.33. The number of aliphatic hydroxyl groups excluding tert-OH is 1. The molecular formula is C11H12F3NO3. The Balaban J connectivity index is 2.08. The molecular weight excluding hydrogens is 251 g/mol. The monoisotopic (exact) mass is 263 g/mol. The van der Waals surface area contributed by atoms with Crippen LogP contribution in [0.1, 0.15) is 11.6 Å². The van der Waals surface area contributed by atoms with Gasteiger partial charge in [0.1, 0.15) is 0 Å². The third kappa shape index (κ3) is 3.05. The Morgan fingerprint density at radius 2 is 2.00 bits per heavy atom. The number of rotatable bonds is 4. The Kier molecular flexibility index (Phi) is 3.63. The highest BCUT2D eigenvalue weighted by molar-refractivity contribution is 5.45. The lowest BCUT2D eigenvalue weighted by molar-refractivity contribution is -0.126. The van der Waals surface area contributed by atoms with Crippen LogP contribution < -0.4 is 14.8 Å². The van der Waals surface area contributed by atoms with Crippen molar-refractivity contribution in [3.63, 3.8) is 0 Å². The molecule has 1 aliphatic heterocycles. The van der Waals surface area contributed by atoms with Gasteiger partial charge in [0.15, 0.2) is 11.5 Å². The van der Waals surface area contributed by atoms with Gasteiger partial charge in [-0.15, -0.1) is 0 Å². The van der Waals surface area contributed by atoms with Gasteiger partial charge < -0.3 is 14.6 Å². The fraction of sp³-hybridized carbons (Fsp3) is 0.455. The van der Waals surface area contributed by atoms with Crippen LogP contribution in [0.2, 0.25) is 0 Å². The normalized spacial score (nSPS) is 15.8. The summed E-state index contributed by atoms with van der Waals surface area (Å²) in [6.07, 6.45) is -4.32. The van der Waals surface area contributed by atoms with Crippen LogP contribution in [0.25, 0.3) is 0 Å². The highest BCUT2D eigenvalue weighted by atomic mass is 19.4. The summed E-state index contributed by atoms with van der Waals surface area (Å²) in [6, 6.07) is 3.97. The van der Waals surface area contributed by atoms with Gasteiger partial charge in [-0.1, -0.05) is 6.07 Å². The second-order valence-electron chi connectivity index (χ2n) is 3.84. The van der Waals surface area contributed by atoms with Gasteiger partial charge in [-0.3, -0.25) is 5.32 Å². The molecule has 1 aliphatic rings. The first-order chi connectivity index (χ1) is 8.49. The van der Waals surface area contributed by atoms with Crippen molar-refractivity contribution in [2.45, 2.75) is 12.2 Å². The van der Waals surface area contributed by atoms with E-state index in [1.807, 2.05) is 0 Å². The minimum absolute atomic E-state index is 0.0958. The van der Waals surface area contributed by atoms with Gasteiger partial charge in [0.2, 0.25) is 6.79 Å². The summed E-state index contributed by atoms with van der Waals surface area (Å²) in [4.78, 5) is 0. The molecule has 0 amide bonds. The summed E-state index contributed by atoms with van der Waals surface area (Å²) < 4.78 is 46.5. The maximum Gasteiger partial charge on any atom is 0.401 e. The fourth-order valence-corrected chi connectivity index (χ4v) is 1.66. The number of halogens is 3. The zero-order valence-electron chi connectivity index (χ0n) is 9.33. The average Bonchev–Trinajstić information content (AvgIpc) is 2.75. The minimum Gasteiger partial charge on any atom is -0.454 e. The molecule has 1 unspecified atom stereocenters.